The Bertz CT molecular complexity index is 986. The van der Waals surface area contributed by atoms with E-state index in [0.29, 0.717) is 34.8 Å². The number of amides is 3. The Balaban J connectivity index is 1.72. The van der Waals surface area contributed by atoms with Crippen LogP contribution in [0.3, 0.4) is 0 Å². The van der Waals surface area contributed by atoms with E-state index in [9.17, 15) is 14.4 Å². The third kappa shape index (κ3) is 8.31. The second-order valence-electron chi connectivity index (χ2n) is 14.3. The van der Waals surface area contributed by atoms with Crippen LogP contribution >= 0.6 is 0 Å². The molecule has 2 aliphatic rings. The summed E-state index contributed by atoms with van der Waals surface area (Å²) in [6.07, 6.45) is 7.85. The van der Waals surface area contributed by atoms with Crippen molar-refractivity contribution in [2.75, 3.05) is 16.0 Å². The standard InChI is InChI=1S/C32H51N3O3/c1-20(2)21-9-11-22(12-10-21)28(36)33-25-17-26(19-27(18-25)35-30(38)32(6,7)8)34-29(37)23-13-15-24(16-14-23)31(3,4)5/h17-24H,9-16H2,1-8H3,(H,33,36)(H,34,37)(H,35,38). The lowest BCUT2D eigenvalue weighted by Crippen LogP contribution is -2.31. The van der Waals surface area contributed by atoms with Crippen molar-refractivity contribution < 1.29 is 14.4 Å². The Labute approximate surface area is 230 Å². The molecule has 0 bridgehead atoms. The predicted molar refractivity (Wildman–Crippen MR) is 157 cm³/mol. The molecule has 2 saturated carbocycles. The molecule has 1 aromatic rings. The Morgan fingerprint density at radius 2 is 1.05 bits per heavy atom. The first-order chi connectivity index (χ1) is 17.6. The first-order valence-corrected chi connectivity index (χ1v) is 14.7. The molecule has 212 valence electrons. The summed E-state index contributed by atoms with van der Waals surface area (Å²) in [7, 11) is 0. The fraction of sp³-hybridized carbons (Fsp3) is 0.719. The average molecular weight is 526 g/mol. The number of benzene rings is 1. The van der Waals surface area contributed by atoms with Gasteiger partial charge in [-0.3, -0.25) is 14.4 Å². The van der Waals surface area contributed by atoms with Gasteiger partial charge in [-0.1, -0.05) is 55.4 Å². The van der Waals surface area contributed by atoms with Gasteiger partial charge in [0, 0.05) is 34.3 Å². The van der Waals surface area contributed by atoms with Gasteiger partial charge in [-0.25, -0.2) is 0 Å². The van der Waals surface area contributed by atoms with Gasteiger partial charge in [0.2, 0.25) is 17.7 Å². The van der Waals surface area contributed by atoms with E-state index in [-0.39, 0.29) is 35.0 Å². The molecular weight excluding hydrogens is 474 g/mol. The first kappa shape index (κ1) is 30.2. The quantitative estimate of drug-likeness (QED) is 0.353. The summed E-state index contributed by atoms with van der Waals surface area (Å²) < 4.78 is 0. The molecule has 0 radical (unpaired) electrons. The van der Waals surface area contributed by atoms with E-state index >= 15 is 0 Å². The second kappa shape index (κ2) is 12.2. The summed E-state index contributed by atoms with van der Waals surface area (Å²) in [5.74, 6) is 1.87. The van der Waals surface area contributed by atoms with Crippen LogP contribution in [0.2, 0.25) is 0 Å². The van der Waals surface area contributed by atoms with Gasteiger partial charge in [-0.2, -0.15) is 0 Å². The van der Waals surface area contributed by atoms with Gasteiger partial charge in [0.05, 0.1) is 0 Å². The molecule has 1 aromatic carbocycles. The van der Waals surface area contributed by atoms with Gasteiger partial charge in [0.15, 0.2) is 0 Å². The van der Waals surface area contributed by atoms with Gasteiger partial charge in [-0.15, -0.1) is 0 Å². The SMILES string of the molecule is CC(C)C1CCC(C(=O)Nc2cc(NC(=O)C3CCC(C(C)(C)C)CC3)cc(NC(=O)C(C)(C)C)c2)CC1. The average Bonchev–Trinajstić information content (AvgIpc) is 2.82. The summed E-state index contributed by atoms with van der Waals surface area (Å²) in [5.41, 5.74) is 1.46. The lowest BCUT2D eigenvalue weighted by atomic mass is 9.69. The molecule has 3 rings (SSSR count). The van der Waals surface area contributed by atoms with E-state index in [1.54, 1.807) is 12.1 Å². The van der Waals surface area contributed by atoms with E-state index < -0.39 is 5.41 Å². The topological polar surface area (TPSA) is 87.3 Å². The molecule has 0 spiro atoms. The zero-order valence-corrected chi connectivity index (χ0v) is 25.0. The van der Waals surface area contributed by atoms with Crippen LogP contribution in [0.25, 0.3) is 0 Å². The largest absolute Gasteiger partial charge is 0.326 e. The first-order valence-electron chi connectivity index (χ1n) is 14.7. The highest BCUT2D eigenvalue weighted by Crippen LogP contribution is 2.40. The highest BCUT2D eigenvalue weighted by molar-refractivity contribution is 5.99. The molecule has 6 heteroatoms. The molecule has 0 heterocycles. The summed E-state index contributed by atoms with van der Waals surface area (Å²) in [5, 5.41) is 9.14. The summed E-state index contributed by atoms with van der Waals surface area (Å²) in [6, 6.07) is 5.38. The van der Waals surface area contributed by atoms with Crippen molar-refractivity contribution in [3.63, 3.8) is 0 Å². The van der Waals surface area contributed by atoms with Gasteiger partial charge >= 0.3 is 0 Å². The van der Waals surface area contributed by atoms with Crippen molar-refractivity contribution >= 4 is 34.8 Å². The molecule has 0 saturated heterocycles. The van der Waals surface area contributed by atoms with E-state index in [2.05, 4.69) is 50.6 Å². The monoisotopic (exact) mass is 525 g/mol. The second-order valence-corrected chi connectivity index (χ2v) is 14.3. The van der Waals surface area contributed by atoms with Crippen LogP contribution < -0.4 is 16.0 Å². The maximum Gasteiger partial charge on any atom is 0.229 e. The summed E-state index contributed by atoms with van der Waals surface area (Å²) >= 11 is 0. The predicted octanol–water partition coefficient (Wildman–Crippen LogP) is 7.86. The van der Waals surface area contributed by atoms with Gasteiger partial charge in [0.1, 0.15) is 0 Å². The van der Waals surface area contributed by atoms with Crippen LogP contribution in [-0.4, -0.2) is 17.7 Å². The van der Waals surface area contributed by atoms with Crippen molar-refractivity contribution in [2.45, 2.75) is 107 Å². The van der Waals surface area contributed by atoms with Gasteiger partial charge < -0.3 is 16.0 Å². The number of hydrogen-bond acceptors (Lipinski definition) is 3. The highest BCUT2D eigenvalue weighted by atomic mass is 16.2. The minimum Gasteiger partial charge on any atom is -0.326 e. The lowest BCUT2D eigenvalue weighted by Gasteiger charge is -2.36. The molecule has 0 unspecified atom stereocenters. The molecule has 6 nitrogen and oxygen atoms in total. The van der Waals surface area contributed by atoms with Crippen LogP contribution in [0.1, 0.15) is 107 Å². The molecule has 2 fully saturated rings. The van der Waals surface area contributed by atoms with Crippen LogP contribution in [0.4, 0.5) is 17.1 Å². The number of carbonyl (C=O) groups excluding carboxylic acids is 3. The van der Waals surface area contributed by atoms with E-state index in [1.165, 1.54) is 0 Å². The minimum atomic E-state index is -0.566. The zero-order chi connectivity index (χ0) is 28.3. The van der Waals surface area contributed by atoms with Crippen molar-refractivity contribution in [3.05, 3.63) is 18.2 Å². The normalized spacial score (nSPS) is 24.6. The molecule has 0 atom stereocenters. The van der Waals surface area contributed by atoms with Crippen molar-refractivity contribution in [1.82, 2.24) is 0 Å². The number of rotatable bonds is 6. The Hall–Kier alpha value is -2.37. The van der Waals surface area contributed by atoms with Crippen LogP contribution in [-0.2, 0) is 14.4 Å². The van der Waals surface area contributed by atoms with Crippen molar-refractivity contribution in [3.8, 4) is 0 Å². The Morgan fingerprint density at radius 3 is 1.42 bits per heavy atom. The molecule has 3 amide bonds. The fourth-order valence-corrected chi connectivity index (χ4v) is 5.92. The number of anilines is 3. The third-order valence-corrected chi connectivity index (χ3v) is 8.82. The molecular formula is C32H51N3O3. The minimum absolute atomic E-state index is 0.00568. The number of nitrogens with one attached hydrogen (secondary N) is 3. The molecule has 2 aliphatic carbocycles. The molecule has 38 heavy (non-hydrogen) atoms. The maximum absolute atomic E-state index is 13.2. The third-order valence-electron chi connectivity index (χ3n) is 8.82. The number of hydrogen-bond donors (Lipinski definition) is 3. The number of carbonyl (C=O) groups is 3. The highest BCUT2D eigenvalue weighted by Gasteiger charge is 2.33. The van der Waals surface area contributed by atoms with Crippen LogP contribution in [0.15, 0.2) is 18.2 Å². The fourth-order valence-electron chi connectivity index (χ4n) is 5.92. The maximum atomic E-state index is 13.2. The van der Waals surface area contributed by atoms with Gasteiger partial charge in [0.25, 0.3) is 0 Å². The zero-order valence-electron chi connectivity index (χ0n) is 25.0. The Morgan fingerprint density at radius 1 is 0.658 bits per heavy atom. The summed E-state index contributed by atoms with van der Waals surface area (Å²) in [6.45, 7) is 16.9. The van der Waals surface area contributed by atoms with E-state index in [1.807, 2.05) is 26.8 Å². The molecule has 0 aromatic heterocycles. The molecule has 3 N–H and O–H groups in total. The molecule has 0 aliphatic heterocycles. The van der Waals surface area contributed by atoms with E-state index in [4.69, 9.17) is 0 Å². The Kier molecular flexibility index (Phi) is 9.70. The van der Waals surface area contributed by atoms with Crippen molar-refractivity contribution in [2.24, 2.45) is 40.4 Å². The van der Waals surface area contributed by atoms with Gasteiger partial charge in [-0.05, 0) is 92.7 Å². The smallest absolute Gasteiger partial charge is 0.229 e. The van der Waals surface area contributed by atoms with Crippen LogP contribution in [0, 0.1) is 40.4 Å². The lowest BCUT2D eigenvalue weighted by molar-refractivity contribution is -0.123. The van der Waals surface area contributed by atoms with Crippen LogP contribution in [0.5, 0.6) is 0 Å². The van der Waals surface area contributed by atoms with Crippen molar-refractivity contribution in [1.29, 1.82) is 0 Å². The van der Waals surface area contributed by atoms with E-state index in [0.717, 1.165) is 51.4 Å². The summed E-state index contributed by atoms with van der Waals surface area (Å²) in [4.78, 5) is 39.0.